The topological polar surface area (TPSA) is 34.1 Å². The number of hydrogen-bond acceptors (Lipinski definition) is 4. The summed E-state index contributed by atoms with van der Waals surface area (Å²) < 4.78 is 5.20. The van der Waals surface area contributed by atoms with Crippen molar-refractivity contribution in [3.8, 4) is 0 Å². The molecule has 2 rings (SSSR count). The van der Waals surface area contributed by atoms with Gasteiger partial charge in [-0.25, -0.2) is 4.98 Å². The number of hydrogen-bond donors (Lipinski definition) is 1. The lowest BCUT2D eigenvalue weighted by Gasteiger charge is -2.41. The van der Waals surface area contributed by atoms with Crippen LogP contribution in [0.15, 0.2) is 0 Å². The fourth-order valence-electron chi connectivity index (χ4n) is 3.17. The number of methoxy groups -OCH3 is 1. The van der Waals surface area contributed by atoms with E-state index in [-0.39, 0.29) is 11.0 Å². The Morgan fingerprint density at radius 3 is 2.53 bits per heavy atom. The summed E-state index contributed by atoms with van der Waals surface area (Å²) in [5.74, 6) is 0. The van der Waals surface area contributed by atoms with E-state index in [1.807, 2.05) is 11.3 Å². The number of aryl methyl sites for hydroxylation is 2. The van der Waals surface area contributed by atoms with Gasteiger partial charge in [-0.05, 0) is 32.1 Å². The fraction of sp³-hybridized carbons (Fsp3) is 0.800. The summed E-state index contributed by atoms with van der Waals surface area (Å²) in [6, 6.07) is 0. The molecule has 0 spiro atoms. The summed E-state index contributed by atoms with van der Waals surface area (Å²) in [5.41, 5.74) is 1.45. The van der Waals surface area contributed by atoms with Crippen LogP contribution in [0.2, 0.25) is 0 Å². The van der Waals surface area contributed by atoms with Crippen LogP contribution in [0.4, 0.5) is 0 Å². The van der Waals surface area contributed by atoms with Crippen LogP contribution >= 0.6 is 11.3 Å². The van der Waals surface area contributed by atoms with Crippen molar-refractivity contribution >= 4 is 11.3 Å². The SMILES string of the molecule is COCCNC1(c2nc(C)c(C)s2)CCCC1(C)C. The Labute approximate surface area is 120 Å². The molecule has 1 fully saturated rings. The molecule has 0 aromatic carbocycles. The summed E-state index contributed by atoms with van der Waals surface area (Å²) >= 11 is 1.86. The molecule has 1 aromatic rings. The molecule has 1 aliphatic carbocycles. The predicted octanol–water partition coefficient (Wildman–Crippen LogP) is 3.40. The van der Waals surface area contributed by atoms with E-state index in [2.05, 4.69) is 33.0 Å². The monoisotopic (exact) mass is 282 g/mol. The highest BCUT2D eigenvalue weighted by atomic mass is 32.1. The van der Waals surface area contributed by atoms with Crippen molar-refractivity contribution in [1.82, 2.24) is 10.3 Å². The maximum atomic E-state index is 5.20. The Hall–Kier alpha value is -0.450. The van der Waals surface area contributed by atoms with Crippen LogP contribution in [0.5, 0.6) is 0 Å². The molecule has 1 aliphatic rings. The molecule has 1 atom stereocenters. The standard InChI is InChI=1S/C15H26N2OS/c1-11-12(2)19-13(17-11)15(16-9-10-18-5)8-6-7-14(15,3)4/h16H,6-10H2,1-5H3. The first-order valence-electron chi connectivity index (χ1n) is 7.11. The van der Waals surface area contributed by atoms with Gasteiger partial charge in [-0.2, -0.15) is 0 Å². The molecular weight excluding hydrogens is 256 g/mol. The van der Waals surface area contributed by atoms with Gasteiger partial charge in [-0.3, -0.25) is 0 Å². The number of nitrogens with one attached hydrogen (secondary N) is 1. The normalized spacial score (nSPS) is 25.9. The zero-order valence-corrected chi connectivity index (χ0v) is 13.6. The Morgan fingerprint density at radius 1 is 1.32 bits per heavy atom. The van der Waals surface area contributed by atoms with Gasteiger partial charge in [-0.1, -0.05) is 20.3 Å². The number of rotatable bonds is 5. The van der Waals surface area contributed by atoms with Gasteiger partial charge in [-0.15, -0.1) is 11.3 Å². The van der Waals surface area contributed by atoms with E-state index in [1.165, 1.54) is 34.8 Å². The van der Waals surface area contributed by atoms with Crippen molar-refractivity contribution < 1.29 is 4.74 Å². The molecule has 1 heterocycles. The average Bonchev–Trinajstić information content (AvgIpc) is 2.82. The maximum Gasteiger partial charge on any atom is 0.114 e. The number of nitrogens with zero attached hydrogens (tertiary/aromatic N) is 1. The second-order valence-electron chi connectivity index (χ2n) is 6.22. The lowest BCUT2D eigenvalue weighted by Crippen LogP contribution is -2.51. The Kier molecular flexibility index (Phi) is 4.33. The minimum Gasteiger partial charge on any atom is -0.383 e. The molecule has 1 unspecified atom stereocenters. The summed E-state index contributed by atoms with van der Waals surface area (Å²) in [4.78, 5) is 6.19. The molecule has 0 aliphatic heterocycles. The minimum atomic E-state index is 0.0230. The Bertz CT molecular complexity index is 422. The van der Waals surface area contributed by atoms with Crippen molar-refractivity contribution in [2.24, 2.45) is 5.41 Å². The molecule has 3 nitrogen and oxygen atoms in total. The van der Waals surface area contributed by atoms with Gasteiger partial charge in [0.25, 0.3) is 0 Å². The second-order valence-corrected chi connectivity index (χ2v) is 7.43. The smallest absolute Gasteiger partial charge is 0.114 e. The molecular formula is C15H26N2OS. The van der Waals surface area contributed by atoms with Gasteiger partial charge in [0, 0.05) is 18.5 Å². The molecule has 19 heavy (non-hydrogen) atoms. The molecule has 4 heteroatoms. The van der Waals surface area contributed by atoms with Gasteiger partial charge in [0.15, 0.2) is 0 Å². The summed E-state index contributed by atoms with van der Waals surface area (Å²) in [7, 11) is 1.76. The lowest BCUT2D eigenvalue weighted by molar-refractivity contribution is 0.129. The largest absolute Gasteiger partial charge is 0.383 e. The third-order valence-electron chi connectivity index (χ3n) is 4.64. The Balaban J connectivity index is 2.34. The predicted molar refractivity (Wildman–Crippen MR) is 80.8 cm³/mol. The fourth-order valence-corrected chi connectivity index (χ4v) is 4.46. The minimum absolute atomic E-state index is 0.0230. The maximum absolute atomic E-state index is 5.20. The van der Waals surface area contributed by atoms with Crippen molar-refractivity contribution in [3.05, 3.63) is 15.6 Å². The second kappa shape index (κ2) is 5.51. The number of aromatic nitrogens is 1. The van der Waals surface area contributed by atoms with Crippen LogP contribution in [0, 0.1) is 19.3 Å². The molecule has 0 amide bonds. The third-order valence-corrected chi connectivity index (χ3v) is 5.87. The first kappa shape index (κ1) is 14.9. The molecule has 1 aromatic heterocycles. The highest BCUT2D eigenvalue weighted by Crippen LogP contribution is 2.53. The van der Waals surface area contributed by atoms with Crippen LogP contribution in [-0.2, 0) is 10.3 Å². The van der Waals surface area contributed by atoms with Crippen LogP contribution < -0.4 is 5.32 Å². The first-order valence-corrected chi connectivity index (χ1v) is 7.93. The quantitative estimate of drug-likeness (QED) is 0.841. The van der Waals surface area contributed by atoms with Crippen LogP contribution in [-0.4, -0.2) is 25.2 Å². The van der Waals surface area contributed by atoms with E-state index in [1.54, 1.807) is 7.11 Å². The molecule has 0 radical (unpaired) electrons. The van der Waals surface area contributed by atoms with Crippen LogP contribution in [0.1, 0.15) is 48.7 Å². The molecule has 0 saturated heterocycles. The van der Waals surface area contributed by atoms with Crippen molar-refractivity contribution in [2.75, 3.05) is 20.3 Å². The Morgan fingerprint density at radius 2 is 2.05 bits per heavy atom. The molecule has 0 bridgehead atoms. The highest BCUT2D eigenvalue weighted by Gasteiger charge is 2.51. The van der Waals surface area contributed by atoms with Gasteiger partial charge in [0.2, 0.25) is 0 Å². The summed E-state index contributed by atoms with van der Waals surface area (Å²) in [5, 5.41) is 5.03. The lowest BCUT2D eigenvalue weighted by atomic mass is 9.75. The van der Waals surface area contributed by atoms with E-state index in [0.29, 0.717) is 0 Å². The highest BCUT2D eigenvalue weighted by molar-refractivity contribution is 7.11. The number of ether oxygens (including phenoxy) is 1. The van der Waals surface area contributed by atoms with Crippen molar-refractivity contribution in [2.45, 2.75) is 52.5 Å². The van der Waals surface area contributed by atoms with E-state index >= 15 is 0 Å². The number of thiazole rings is 1. The van der Waals surface area contributed by atoms with Crippen molar-refractivity contribution in [3.63, 3.8) is 0 Å². The molecule has 108 valence electrons. The van der Waals surface area contributed by atoms with Gasteiger partial charge in [0.1, 0.15) is 5.01 Å². The van der Waals surface area contributed by atoms with Crippen molar-refractivity contribution in [1.29, 1.82) is 0 Å². The zero-order valence-electron chi connectivity index (χ0n) is 12.8. The first-order chi connectivity index (χ1) is 8.93. The van der Waals surface area contributed by atoms with Gasteiger partial charge < -0.3 is 10.1 Å². The van der Waals surface area contributed by atoms with Crippen LogP contribution in [0.25, 0.3) is 0 Å². The summed E-state index contributed by atoms with van der Waals surface area (Å²) in [6.45, 7) is 10.7. The van der Waals surface area contributed by atoms with E-state index in [4.69, 9.17) is 9.72 Å². The summed E-state index contributed by atoms with van der Waals surface area (Å²) in [6.07, 6.45) is 3.70. The average molecular weight is 282 g/mol. The van der Waals surface area contributed by atoms with Crippen LogP contribution in [0.3, 0.4) is 0 Å². The third kappa shape index (κ3) is 2.58. The zero-order chi connectivity index (χ0) is 14.1. The van der Waals surface area contributed by atoms with E-state index in [0.717, 1.165) is 13.2 Å². The van der Waals surface area contributed by atoms with Gasteiger partial charge in [0.05, 0.1) is 17.8 Å². The van der Waals surface area contributed by atoms with E-state index < -0.39 is 0 Å². The molecule has 1 N–H and O–H groups in total. The van der Waals surface area contributed by atoms with E-state index in [9.17, 15) is 0 Å². The molecule has 1 saturated carbocycles. The van der Waals surface area contributed by atoms with Gasteiger partial charge >= 0.3 is 0 Å².